The monoisotopic (exact) mass is 486 g/mol. The fourth-order valence-corrected chi connectivity index (χ4v) is 5.68. The van der Waals surface area contributed by atoms with Crippen LogP contribution in [0.1, 0.15) is 16.7 Å². The minimum atomic E-state index is -3.89. The van der Waals surface area contributed by atoms with Gasteiger partial charge in [0, 0.05) is 6.54 Å². The van der Waals surface area contributed by atoms with E-state index in [1.165, 1.54) is 4.31 Å². The number of benzene rings is 4. The second kappa shape index (κ2) is 9.07. The van der Waals surface area contributed by atoms with Crippen molar-refractivity contribution in [1.29, 1.82) is 0 Å². The molecular formula is C28H26N2O4S. The molecular weight excluding hydrogens is 460 g/mol. The maximum atomic E-state index is 13.6. The molecule has 0 aromatic heterocycles. The van der Waals surface area contributed by atoms with Crippen LogP contribution in [0.5, 0.6) is 5.75 Å². The van der Waals surface area contributed by atoms with Gasteiger partial charge in [-0.05, 0) is 66.1 Å². The topological polar surface area (TPSA) is 75.7 Å². The normalized spacial score (nSPS) is 15.4. The second-order valence-corrected chi connectivity index (χ2v) is 10.7. The number of aryl methyl sites for hydroxylation is 2. The van der Waals surface area contributed by atoms with Gasteiger partial charge in [-0.25, -0.2) is 8.42 Å². The van der Waals surface area contributed by atoms with E-state index in [0.717, 1.165) is 27.5 Å². The highest BCUT2D eigenvalue weighted by molar-refractivity contribution is 7.92. The van der Waals surface area contributed by atoms with Crippen molar-refractivity contribution in [2.24, 2.45) is 0 Å². The molecule has 0 spiro atoms. The Hall–Kier alpha value is -3.84. The maximum Gasteiger partial charge on any atom is 0.264 e. The van der Waals surface area contributed by atoms with Gasteiger partial charge in [-0.3, -0.25) is 9.10 Å². The highest BCUT2D eigenvalue weighted by Gasteiger charge is 2.37. The van der Waals surface area contributed by atoms with E-state index in [2.05, 4.69) is 5.32 Å². The third-order valence-corrected chi connectivity index (χ3v) is 7.96. The summed E-state index contributed by atoms with van der Waals surface area (Å²) in [6.45, 7) is 3.99. The van der Waals surface area contributed by atoms with Crippen molar-refractivity contribution in [2.75, 3.05) is 10.8 Å². The van der Waals surface area contributed by atoms with E-state index < -0.39 is 16.1 Å². The summed E-state index contributed by atoms with van der Waals surface area (Å²) in [6, 6.07) is 26.1. The lowest BCUT2D eigenvalue weighted by atomic mass is 10.1. The number of hydrogen-bond acceptors (Lipinski definition) is 4. The number of sulfonamides is 1. The van der Waals surface area contributed by atoms with E-state index in [9.17, 15) is 13.2 Å². The molecule has 1 amide bonds. The predicted molar refractivity (Wildman–Crippen MR) is 137 cm³/mol. The average molecular weight is 487 g/mol. The van der Waals surface area contributed by atoms with Gasteiger partial charge in [0.05, 0.1) is 17.1 Å². The Morgan fingerprint density at radius 2 is 1.63 bits per heavy atom. The summed E-state index contributed by atoms with van der Waals surface area (Å²) in [5.74, 6) is -0.00289. The molecule has 4 aromatic rings. The zero-order valence-corrected chi connectivity index (χ0v) is 20.4. The van der Waals surface area contributed by atoms with Gasteiger partial charge in [-0.15, -0.1) is 0 Å². The van der Waals surface area contributed by atoms with E-state index in [0.29, 0.717) is 18.0 Å². The summed E-state index contributed by atoms with van der Waals surface area (Å²) in [7, 11) is -3.89. The zero-order chi connectivity index (χ0) is 24.6. The van der Waals surface area contributed by atoms with Gasteiger partial charge in [0.25, 0.3) is 15.9 Å². The first kappa shape index (κ1) is 22.9. The molecule has 1 unspecified atom stereocenters. The molecule has 7 heteroatoms. The summed E-state index contributed by atoms with van der Waals surface area (Å²) in [5.41, 5.74) is 3.25. The van der Waals surface area contributed by atoms with Crippen molar-refractivity contribution in [3.05, 3.63) is 102 Å². The van der Waals surface area contributed by atoms with Crippen LogP contribution in [0.4, 0.5) is 5.69 Å². The van der Waals surface area contributed by atoms with Crippen LogP contribution in [-0.2, 0) is 21.4 Å². The molecule has 0 radical (unpaired) electrons. The molecule has 5 rings (SSSR count). The third kappa shape index (κ3) is 4.59. The smallest absolute Gasteiger partial charge is 0.264 e. The quantitative estimate of drug-likeness (QED) is 0.443. The first-order chi connectivity index (χ1) is 16.8. The maximum absolute atomic E-state index is 13.6. The van der Waals surface area contributed by atoms with Crippen LogP contribution in [0.25, 0.3) is 10.8 Å². The number of ether oxygens (including phenoxy) is 1. The lowest BCUT2D eigenvalue weighted by Crippen LogP contribution is -2.50. The molecule has 1 atom stereocenters. The molecule has 0 fully saturated rings. The Balaban J connectivity index is 1.40. The number of nitrogens with one attached hydrogen (secondary N) is 1. The molecule has 0 saturated carbocycles. The summed E-state index contributed by atoms with van der Waals surface area (Å²) < 4.78 is 34.4. The van der Waals surface area contributed by atoms with Crippen molar-refractivity contribution < 1.29 is 17.9 Å². The number of hydrogen-bond donors (Lipinski definition) is 1. The fraction of sp³-hybridized carbons (Fsp3) is 0.179. The van der Waals surface area contributed by atoms with Gasteiger partial charge in [0.2, 0.25) is 0 Å². The lowest BCUT2D eigenvalue weighted by molar-refractivity contribution is -0.127. The van der Waals surface area contributed by atoms with E-state index in [4.69, 9.17) is 4.74 Å². The number of anilines is 1. The Morgan fingerprint density at radius 3 is 2.40 bits per heavy atom. The molecule has 1 heterocycles. The van der Waals surface area contributed by atoms with Crippen molar-refractivity contribution >= 4 is 32.4 Å². The Kier molecular flexibility index (Phi) is 5.94. The summed E-state index contributed by atoms with van der Waals surface area (Å²) in [6.07, 6.45) is -0.981. The Labute approximate surface area is 205 Å². The van der Waals surface area contributed by atoms with Gasteiger partial charge < -0.3 is 10.1 Å². The van der Waals surface area contributed by atoms with E-state index in [1.807, 2.05) is 62.4 Å². The van der Waals surface area contributed by atoms with Crippen molar-refractivity contribution in [3.63, 3.8) is 0 Å². The number of amides is 1. The highest BCUT2D eigenvalue weighted by atomic mass is 32.2. The van der Waals surface area contributed by atoms with Gasteiger partial charge in [-0.2, -0.15) is 0 Å². The molecule has 1 aliphatic heterocycles. The molecule has 0 bridgehead atoms. The molecule has 178 valence electrons. The van der Waals surface area contributed by atoms with Crippen molar-refractivity contribution in [3.8, 4) is 5.75 Å². The largest absolute Gasteiger partial charge is 0.476 e. The summed E-state index contributed by atoms with van der Waals surface area (Å²) in [4.78, 5) is 13.3. The van der Waals surface area contributed by atoms with Gasteiger partial charge >= 0.3 is 0 Å². The first-order valence-electron chi connectivity index (χ1n) is 11.4. The number of fused-ring (bicyclic) bond motifs is 2. The van der Waals surface area contributed by atoms with Crippen LogP contribution in [-0.4, -0.2) is 27.0 Å². The van der Waals surface area contributed by atoms with E-state index >= 15 is 0 Å². The number of carbonyl (C=O) groups is 1. The zero-order valence-electron chi connectivity index (χ0n) is 19.6. The van der Waals surface area contributed by atoms with E-state index in [-0.39, 0.29) is 17.3 Å². The number of nitrogens with zero attached hydrogens (tertiary/aromatic N) is 1. The van der Waals surface area contributed by atoms with Gasteiger partial charge in [0.15, 0.2) is 6.10 Å². The molecule has 1 N–H and O–H groups in total. The highest BCUT2D eigenvalue weighted by Crippen LogP contribution is 2.37. The van der Waals surface area contributed by atoms with Crippen LogP contribution in [0.3, 0.4) is 0 Å². The van der Waals surface area contributed by atoms with Crippen LogP contribution in [0.2, 0.25) is 0 Å². The average Bonchev–Trinajstić information content (AvgIpc) is 2.86. The lowest BCUT2D eigenvalue weighted by Gasteiger charge is -2.35. The summed E-state index contributed by atoms with van der Waals surface area (Å²) in [5, 5.41) is 5.13. The standard InChI is InChI=1S/C28H26N2O4S/c1-19-7-12-24(13-8-19)35(32,33)30-18-27(34-26-14-9-20(2)15-25(26)30)28(31)29-17-21-10-11-22-5-3-4-6-23(22)16-21/h3-16,27H,17-18H2,1-2H3,(H,29,31). The molecule has 0 saturated heterocycles. The van der Waals surface area contributed by atoms with Crippen molar-refractivity contribution in [2.45, 2.75) is 31.4 Å². The third-order valence-electron chi connectivity index (χ3n) is 6.17. The fourth-order valence-electron chi connectivity index (χ4n) is 4.21. The SMILES string of the molecule is Cc1ccc(S(=O)(=O)N2CC(C(=O)NCc3ccc4ccccc4c3)Oc3ccc(C)cc32)cc1. The molecule has 0 aliphatic carbocycles. The van der Waals surface area contributed by atoms with E-state index in [1.54, 1.807) is 36.4 Å². The van der Waals surface area contributed by atoms with Crippen LogP contribution >= 0.6 is 0 Å². The van der Waals surface area contributed by atoms with Crippen LogP contribution in [0.15, 0.2) is 89.8 Å². The van der Waals surface area contributed by atoms with Crippen molar-refractivity contribution in [1.82, 2.24) is 5.32 Å². The molecule has 4 aromatic carbocycles. The van der Waals surface area contributed by atoms with Gasteiger partial charge in [0.1, 0.15) is 5.75 Å². The number of rotatable bonds is 5. The van der Waals surface area contributed by atoms with Crippen LogP contribution < -0.4 is 14.4 Å². The Bertz CT molecular complexity index is 1510. The minimum absolute atomic E-state index is 0.115. The summed E-state index contributed by atoms with van der Waals surface area (Å²) >= 11 is 0. The minimum Gasteiger partial charge on any atom is -0.476 e. The van der Waals surface area contributed by atoms with Gasteiger partial charge in [-0.1, -0.05) is 60.2 Å². The first-order valence-corrected chi connectivity index (χ1v) is 12.9. The Morgan fingerprint density at radius 1 is 0.914 bits per heavy atom. The van der Waals surface area contributed by atoms with Crippen LogP contribution in [0, 0.1) is 13.8 Å². The second-order valence-electron chi connectivity index (χ2n) is 8.83. The molecule has 6 nitrogen and oxygen atoms in total. The molecule has 1 aliphatic rings. The predicted octanol–water partition coefficient (Wildman–Crippen LogP) is 4.73. The molecule has 35 heavy (non-hydrogen) atoms. The number of carbonyl (C=O) groups excluding carboxylic acids is 1.